The van der Waals surface area contributed by atoms with Gasteiger partial charge in [0.05, 0.1) is 0 Å². The van der Waals surface area contributed by atoms with Gasteiger partial charge in [-0.2, -0.15) is 0 Å². The summed E-state index contributed by atoms with van der Waals surface area (Å²) in [6.07, 6.45) is 2.83. The minimum Gasteiger partial charge on any atom is -0.411 e. The van der Waals surface area contributed by atoms with Crippen molar-refractivity contribution >= 4 is 34.1 Å². The molecule has 1 aromatic carbocycles. The van der Waals surface area contributed by atoms with Crippen molar-refractivity contribution in [2.75, 3.05) is 11.1 Å². The van der Waals surface area contributed by atoms with Crippen LogP contribution in [-0.2, 0) is 4.79 Å². The highest BCUT2D eigenvalue weighted by Crippen LogP contribution is 2.23. The van der Waals surface area contributed by atoms with Gasteiger partial charge in [-0.1, -0.05) is 30.0 Å². The van der Waals surface area contributed by atoms with Crippen LogP contribution in [0.15, 0.2) is 51.5 Å². The second-order valence-electron chi connectivity index (χ2n) is 4.58. The summed E-state index contributed by atoms with van der Waals surface area (Å²) in [6.45, 7) is 0. The molecular formula is C15H14N4O2S2. The first-order chi connectivity index (χ1) is 11.3. The van der Waals surface area contributed by atoms with E-state index in [0.29, 0.717) is 22.7 Å². The van der Waals surface area contributed by atoms with Crippen LogP contribution in [0.25, 0.3) is 11.5 Å². The fourth-order valence-electron chi connectivity index (χ4n) is 1.82. The molecule has 0 aliphatic carbocycles. The molecule has 1 N–H and O–H groups in total. The minimum absolute atomic E-state index is 0.0314. The molecule has 0 aliphatic heterocycles. The largest absolute Gasteiger partial charge is 0.411 e. The van der Waals surface area contributed by atoms with Crippen LogP contribution in [0.1, 0.15) is 12.8 Å². The lowest BCUT2D eigenvalue weighted by molar-refractivity contribution is -0.116. The molecule has 0 radical (unpaired) electrons. The van der Waals surface area contributed by atoms with Gasteiger partial charge in [-0.15, -0.1) is 21.5 Å². The van der Waals surface area contributed by atoms with Gasteiger partial charge in [0.25, 0.3) is 5.22 Å². The predicted molar refractivity (Wildman–Crippen MR) is 90.4 cm³/mol. The van der Waals surface area contributed by atoms with E-state index in [-0.39, 0.29) is 5.91 Å². The van der Waals surface area contributed by atoms with E-state index in [4.69, 9.17) is 4.42 Å². The molecule has 6 nitrogen and oxygen atoms in total. The van der Waals surface area contributed by atoms with Gasteiger partial charge in [-0.3, -0.25) is 4.79 Å². The maximum absolute atomic E-state index is 11.7. The lowest BCUT2D eigenvalue weighted by Gasteiger charge is -2.00. The van der Waals surface area contributed by atoms with Crippen LogP contribution < -0.4 is 5.32 Å². The van der Waals surface area contributed by atoms with Crippen molar-refractivity contribution < 1.29 is 9.21 Å². The summed E-state index contributed by atoms with van der Waals surface area (Å²) in [4.78, 5) is 15.7. The molecule has 0 fully saturated rings. The second-order valence-corrected chi connectivity index (χ2v) is 6.52. The Morgan fingerprint density at radius 3 is 2.91 bits per heavy atom. The van der Waals surface area contributed by atoms with Crippen LogP contribution in [0.3, 0.4) is 0 Å². The van der Waals surface area contributed by atoms with Crippen LogP contribution in [-0.4, -0.2) is 26.8 Å². The van der Waals surface area contributed by atoms with Crippen molar-refractivity contribution in [3.05, 3.63) is 41.9 Å². The third-order valence-corrected chi connectivity index (χ3v) is 4.47. The standard InChI is InChI=1S/C15H14N4O2S2/c20-12(17-14-16-8-10-22-14)7-4-9-23-15-19-18-13(21-15)11-5-2-1-3-6-11/h1-3,5-6,8,10H,4,7,9H2,(H,16,17,20). The van der Waals surface area contributed by atoms with Gasteiger partial charge in [0.2, 0.25) is 11.8 Å². The quantitative estimate of drug-likeness (QED) is 0.519. The first-order valence-corrected chi connectivity index (χ1v) is 8.89. The lowest BCUT2D eigenvalue weighted by Crippen LogP contribution is -2.11. The highest BCUT2D eigenvalue weighted by Gasteiger charge is 2.09. The van der Waals surface area contributed by atoms with E-state index in [1.807, 2.05) is 35.7 Å². The number of amides is 1. The molecular weight excluding hydrogens is 332 g/mol. The molecule has 8 heteroatoms. The summed E-state index contributed by atoms with van der Waals surface area (Å²) in [5, 5.41) is 13.8. The highest BCUT2D eigenvalue weighted by molar-refractivity contribution is 7.99. The zero-order chi connectivity index (χ0) is 15.9. The first kappa shape index (κ1) is 15.7. The van der Waals surface area contributed by atoms with Crippen molar-refractivity contribution in [2.45, 2.75) is 18.1 Å². The van der Waals surface area contributed by atoms with Crippen molar-refractivity contribution in [2.24, 2.45) is 0 Å². The fourth-order valence-corrected chi connectivity index (χ4v) is 3.07. The van der Waals surface area contributed by atoms with Gasteiger partial charge >= 0.3 is 0 Å². The van der Waals surface area contributed by atoms with E-state index in [1.54, 1.807) is 6.20 Å². The molecule has 3 aromatic rings. The minimum atomic E-state index is -0.0314. The number of rotatable bonds is 7. The zero-order valence-electron chi connectivity index (χ0n) is 12.1. The van der Waals surface area contributed by atoms with Crippen molar-refractivity contribution in [1.29, 1.82) is 0 Å². The average molecular weight is 346 g/mol. The maximum Gasteiger partial charge on any atom is 0.276 e. The van der Waals surface area contributed by atoms with Crippen molar-refractivity contribution in [3.8, 4) is 11.5 Å². The van der Waals surface area contributed by atoms with Gasteiger partial charge in [-0.05, 0) is 18.6 Å². The third kappa shape index (κ3) is 4.64. The molecule has 0 aliphatic rings. The Morgan fingerprint density at radius 1 is 1.26 bits per heavy atom. The summed E-state index contributed by atoms with van der Waals surface area (Å²) in [5.74, 6) is 1.22. The monoisotopic (exact) mass is 346 g/mol. The van der Waals surface area contributed by atoms with Crippen LogP contribution in [0.5, 0.6) is 0 Å². The molecule has 118 valence electrons. The molecule has 0 saturated heterocycles. The number of thioether (sulfide) groups is 1. The predicted octanol–water partition coefficient (Wildman–Crippen LogP) is 3.70. The van der Waals surface area contributed by atoms with Gasteiger partial charge in [0.1, 0.15) is 0 Å². The van der Waals surface area contributed by atoms with E-state index < -0.39 is 0 Å². The Hall–Kier alpha value is -2.19. The molecule has 0 spiro atoms. The number of thiazole rings is 1. The SMILES string of the molecule is O=C(CCCSc1nnc(-c2ccccc2)o1)Nc1nccs1. The molecule has 0 atom stereocenters. The number of carbonyl (C=O) groups is 1. The summed E-state index contributed by atoms with van der Waals surface area (Å²) >= 11 is 2.86. The number of carbonyl (C=O) groups excluding carboxylic acids is 1. The summed E-state index contributed by atoms with van der Waals surface area (Å²) in [7, 11) is 0. The molecule has 0 bridgehead atoms. The fraction of sp³-hybridized carbons (Fsp3) is 0.200. The van der Waals surface area contributed by atoms with Gasteiger partial charge in [0, 0.05) is 29.3 Å². The van der Waals surface area contributed by atoms with E-state index in [1.165, 1.54) is 23.1 Å². The molecule has 23 heavy (non-hydrogen) atoms. The smallest absolute Gasteiger partial charge is 0.276 e. The number of hydrogen-bond donors (Lipinski definition) is 1. The number of benzene rings is 1. The van der Waals surface area contributed by atoms with E-state index in [2.05, 4.69) is 20.5 Å². The Morgan fingerprint density at radius 2 is 2.13 bits per heavy atom. The molecule has 0 unspecified atom stereocenters. The number of nitrogens with zero attached hydrogens (tertiary/aromatic N) is 3. The van der Waals surface area contributed by atoms with Crippen LogP contribution >= 0.6 is 23.1 Å². The van der Waals surface area contributed by atoms with E-state index in [0.717, 1.165) is 17.7 Å². The summed E-state index contributed by atoms with van der Waals surface area (Å²) in [5.41, 5.74) is 0.898. The van der Waals surface area contributed by atoms with Gasteiger partial charge in [-0.25, -0.2) is 4.98 Å². The topological polar surface area (TPSA) is 80.9 Å². The lowest BCUT2D eigenvalue weighted by atomic mass is 10.2. The number of hydrogen-bond acceptors (Lipinski definition) is 7. The number of nitrogens with one attached hydrogen (secondary N) is 1. The van der Waals surface area contributed by atoms with Gasteiger partial charge in [0.15, 0.2) is 5.13 Å². The number of aromatic nitrogens is 3. The second kappa shape index (κ2) is 7.89. The summed E-state index contributed by atoms with van der Waals surface area (Å²) in [6, 6.07) is 9.63. The maximum atomic E-state index is 11.7. The highest BCUT2D eigenvalue weighted by atomic mass is 32.2. The Labute approximate surface area is 141 Å². The van der Waals surface area contributed by atoms with Crippen LogP contribution in [0.4, 0.5) is 5.13 Å². The summed E-state index contributed by atoms with van der Waals surface area (Å²) < 4.78 is 5.59. The Bertz CT molecular complexity index is 744. The molecule has 3 rings (SSSR count). The van der Waals surface area contributed by atoms with E-state index >= 15 is 0 Å². The molecule has 0 saturated carbocycles. The van der Waals surface area contributed by atoms with E-state index in [9.17, 15) is 4.79 Å². The average Bonchev–Trinajstić information content (AvgIpc) is 3.24. The first-order valence-electron chi connectivity index (χ1n) is 7.02. The van der Waals surface area contributed by atoms with Crippen molar-refractivity contribution in [3.63, 3.8) is 0 Å². The Kier molecular flexibility index (Phi) is 5.38. The van der Waals surface area contributed by atoms with Crippen LogP contribution in [0, 0.1) is 0 Å². The van der Waals surface area contributed by atoms with Crippen LogP contribution in [0.2, 0.25) is 0 Å². The third-order valence-electron chi connectivity index (χ3n) is 2.88. The zero-order valence-corrected chi connectivity index (χ0v) is 13.8. The van der Waals surface area contributed by atoms with Crippen molar-refractivity contribution in [1.82, 2.24) is 15.2 Å². The Balaban J connectivity index is 1.41. The molecule has 1 amide bonds. The molecule has 2 heterocycles. The van der Waals surface area contributed by atoms with Gasteiger partial charge < -0.3 is 9.73 Å². The number of anilines is 1. The molecule has 2 aromatic heterocycles. The normalized spacial score (nSPS) is 10.6.